The molecule has 0 N–H and O–H groups in total. The summed E-state index contributed by atoms with van der Waals surface area (Å²) in [7, 11) is 0. The first kappa shape index (κ1) is 35.7. The van der Waals surface area contributed by atoms with Crippen molar-refractivity contribution in [3.8, 4) is 44.5 Å². The highest BCUT2D eigenvalue weighted by molar-refractivity contribution is 6.22. The maximum atomic E-state index is 6.47. The number of furan rings is 1. The maximum absolute atomic E-state index is 6.47. The van der Waals surface area contributed by atoms with Gasteiger partial charge < -0.3 is 9.32 Å². The van der Waals surface area contributed by atoms with Crippen molar-refractivity contribution in [1.29, 1.82) is 0 Å². The van der Waals surface area contributed by atoms with Gasteiger partial charge in [-0.1, -0.05) is 188 Å². The molecule has 11 aromatic carbocycles. The van der Waals surface area contributed by atoms with E-state index in [2.05, 4.69) is 229 Å². The first-order valence-electron chi connectivity index (χ1n) is 21.3. The zero-order valence-corrected chi connectivity index (χ0v) is 33.9. The van der Waals surface area contributed by atoms with Crippen LogP contribution < -0.4 is 4.90 Å². The van der Waals surface area contributed by atoms with Crippen molar-refractivity contribution >= 4 is 71.3 Å². The summed E-state index contributed by atoms with van der Waals surface area (Å²) in [5.74, 6) is 0. The first-order chi connectivity index (χ1) is 30.8. The van der Waals surface area contributed by atoms with E-state index in [9.17, 15) is 0 Å². The van der Waals surface area contributed by atoms with Crippen molar-refractivity contribution in [1.82, 2.24) is 0 Å². The van der Waals surface area contributed by atoms with E-state index in [0.29, 0.717) is 0 Å². The second-order valence-electron chi connectivity index (χ2n) is 16.0. The highest BCUT2D eigenvalue weighted by Gasteiger charge is 2.21. The Bertz CT molecular complexity index is 3610. The van der Waals surface area contributed by atoms with Crippen LogP contribution in [0.1, 0.15) is 0 Å². The summed E-state index contributed by atoms with van der Waals surface area (Å²) in [6.07, 6.45) is 0. The van der Waals surface area contributed by atoms with Gasteiger partial charge in [0.05, 0.1) is 5.69 Å². The van der Waals surface area contributed by atoms with E-state index in [-0.39, 0.29) is 0 Å². The van der Waals surface area contributed by atoms with Crippen molar-refractivity contribution in [2.24, 2.45) is 0 Å². The minimum Gasteiger partial charge on any atom is -0.456 e. The number of rotatable bonds is 7. The Balaban J connectivity index is 1.04. The standard InChI is InChI=1S/C60H39NO/c1-4-16-41(17-5-1)47-36-37-56(51-24-12-10-22-48(47)51)61(46-33-35-53-52-25-14-15-27-57(52)62-58(53)39-46)45-31-28-40(29-32-45)44-30-34-50-49-23-11-13-26-54(49)59(42-18-6-2-7-19-42)60(55(50)38-44)43-20-8-3-9-21-43/h1-39H. The van der Waals surface area contributed by atoms with Crippen molar-refractivity contribution in [2.45, 2.75) is 0 Å². The molecule has 62 heavy (non-hydrogen) atoms. The van der Waals surface area contributed by atoms with E-state index in [1.165, 1.54) is 71.3 Å². The van der Waals surface area contributed by atoms with Crippen LogP contribution in [0.3, 0.4) is 0 Å². The molecule has 0 unspecified atom stereocenters. The summed E-state index contributed by atoms with van der Waals surface area (Å²) in [5, 5.41) is 9.61. The molecule has 0 fully saturated rings. The van der Waals surface area contributed by atoms with Gasteiger partial charge in [0.25, 0.3) is 0 Å². The van der Waals surface area contributed by atoms with E-state index in [0.717, 1.165) is 44.6 Å². The lowest BCUT2D eigenvalue weighted by molar-refractivity contribution is 0.669. The normalized spacial score (nSPS) is 11.5. The molecular formula is C60H39NO. The largest absolute Gasteiger partial charge is 0.456 e. The third kappa shape index (κ3) is 5.96. The van der Waals surface area contributed by atoms with Crippen LogP contribution in [0.4, 0.5) is 17.1 Å². The fraction of sp³-hybridized carbons (Fsp3) is 0. The number of hydrogen-bond donors (Lipinski definition) is 0. The zero-order chi connectivity index (χ0) is 41.0. The predicted octanol–water partition coefficient (Wildman–Crippen LogP) is 17.2. The second kappa shape index (κ2) is 14.8. The maximum Gasteiger partial charge on any atom is 0.137 e. The van der Waals surface area contributed by atoms with Crippen LogP contribution in [-0.4, -0.2) is 0 Å². The van der Waals surface area contributed by atoms with Crippen molar-refractivity contribution < 1.29 is 4.42 Å². The molecule has 1 aromatic heterocycles. The van der Waals surface area contributed by atoms with Crippen LogP contribution in [0.15, 0.2) is 241 Å². The van der Waals surface area contributed by atoms with Crippen LogP contribution in [0.25, 0.3) is 98.8 Å². The van der Waals surface area contributed by atoms with Crippen LogP contribution in [0, 0.1) is 0 Å². The topological polar surface area (TPSA) is 16.4 Å². The number of fused-ring (bicyclic) bond motifs is 7. The van der Waals surface area contributed by atoms with Gasteiger partial charge in [-0.25, -0.2) is 0 Å². The summed E-state index contributed by atoms with van der Waals surface area (Å²) >= 11 is 0. The lowest BCUT2D eigenvalue weighted by Crippen LogP contribution is -2.10. The Kier molecular flexibility index (Phi) is 8.53. The third-order valence-electron chi connectivity index (χ3n) is 12.5. The fourth-order valence-corrected chi connectivity index (χ4v) is 9.61. The van der Waals surface area contributed by atoms with Crippen molar-refractivity contribution in [3.05, 3.63) is 237 Å². The van der Waals surface area contributed by atoms with Gasteiger partial charge in [-0.15, -0.1) is 0 Å². The Morgan fingerprint density at radius 2 is 0.758 bits per heavy atom. The molecule has 0 saturated carbocycles. The van der Waals surface area contributed by atoms with Gasteiger partial charge in [-0.2, -0.15) is 0 Å². The number of nitrogens with zero attached hydrogens (tertiary/aromatic N) is 1. The molecule has 0 aliphatic rings. The van der Waals surface area contributed by atoms with Crippen molar-refractivity contribution in [3.63, 3.8) is 0 Å². The minimum atomic E-state index is 0.864. The van der Waals surface area contributed by atoms with E-state index in [1.807, 2.05) is 12.1 Å². The molecule has 0 saturated heterocycles. The molecule has 0 bridgehead atoms. The highest BCUT2D eigenvalue weighted by Crippen LogP contribution is 2.47. The Morgan fingerprint density at radius 1 is 0.258 bits per heavy atom. The number of anilines is 3. The molecule has 0 spiro atoms. The van der Waals surface area contributed by atoms with Gasteiger partial charge in [0.1, 0.15) is 11.2 Å². The molecule has 0 aliphatic heterocycles. The van der Waals surface area contributed by atoms with E-state index < -0.39 is 0 Å². The average molecular weight is 790 g/mol. The molecule has 0 amide bonds. The van der Waals surface area contributed by atoms with Crippen molar-refractivity contribution in [2.75, 3.05) is 4.90 Å². The van der Waals surface area contributed by atoms with E-state index >= 15 is 0 Å². The number of benzene rings is 11. The smallest absolute Gasteiger partial charge is 0.137 e. The highest BCUT2D eigenvalue weighted by atomic mass is 16.3. The van der Waals surface area contributed by atoms with Gasteiger partial charge >= 0.3 is 0 Å². The zero-order valence-electron chi connectivity index (χ0n) is 33.9. The molecule has 2 heteroatoms. The minimum absolute atomic E-state index is 0.864. The summed E-state index contributed by atoms with van der Waals surface area (Å²) in [5.41, 5.74) is 14.6. The van der Waals surface area contributed by atoms with E-state index in [1.54, 1.807) is 0 Å². The first-order valence-corrected chi connectivity index (χ1v) is 21.3. The fourth-order valence-electron chi connectivity index (χ4n) is 9.61. The second-order valence-corrected chi connectivity index (χ2v) is 16.0. The van der Waals surface area contributed by atoms with Crippen LogP contribution in [0.2, 0.25) is 0 Å². The van der Waals surface area contributed by atoms with Gasteiger partial charge in [-0.3, -0.25) is 0 Å². The van der Waals surface area contributed by atoms with Crippen LogP contribution in [0.5, 0.6) is 0 Å². The van der Waals surface area contributed by atoms with Gasteiger partial charge in [-0.05, 0) is 114 Å². The Labute approximate surface area is 360 Å². The molecule has 0 atom stereocenters. The quantitative estimate of drug-likeness (QED) is 0.150. The summed E-state index contributed by atoms with van der Waals surface area (Å²) < 4.78 is 6.47. The summed E-state index contributed by atoms with van der Waals surface area (Å²) in [4.78, 5) is 2.37. The molecule has 12 aromatic rings. The molecule has 2 nitrogen and oxygen atoms in total. The van der Waals surface area contributed by atoms with Gasteiger partial charge in [0.15, 0.2) is 0 Å². The summed E-state index contributed by atoms with van der Waals surface area (Å²) in [6.45, 7) is 0. The van der Waals surface area contributed by atoms with Gasteiger partial charge in [0, 0.05) is 33.6 Å². The Morgan fingerprint density at radius 3 is 1.47 bits per heavy atom. The summed E-state index contributed by atoms with van der Waals surface area (Å²) in [6, 6.07) is 85.4. The lowest BCUT2D eigenvalue weighted by atomic mass is 9.84. The van der Waals surface area contributed by atoms with Gasteiger partial charge in [0.2, 0.25) is 0 Å². The molecule has 290 valence electrons. The molecule has 0 radical (unpaired) electrons. The average Bonchev–Trinajstić information content (AvgIpc) is 3.72. The third-order valence-corrected chi connectivity index (χ3v) is 12.5. The molecule has 1 heterocycles. The van der Waals surface area contributed by atoms with Crippen LogP contribution >= 0.6 is 0 Å². The lowest BCUT2D eigenvalue weighted by Gasteiger charge is -2.27. The molecular weight excluding hydrogens is 751 g/mol. The predicted molar refractivity (Wildman–Crippen MR) is 263 cm³/mol. The molecule has 0 aliphatic carbocycles. The number of hydrogen-bond acceptors (Lipinski definition) is 2. The van der Waals surface area contributed by atoms with E-state index in [4.69, 9.17) is 4.42 Å². The molecule has 12 rings (SSSR count). The van der Waals surface area contributed by atoms with Crippen LogP contribution in [-0.2, 0) is 0 Å². The SMILES string of the molecule is c1ccc(-c2ccc(N(c3ccc(-c4ccc5c(c4)c(-c4ccccc4)c(-c4ccccc4)c4ccccc45)cc3)c3ccc4c(c3)oc3ccccc34)c3ccccc23)cc1. The number of para-hydroxylation sites is 1. The monoisotopic (exact) mass is 789 g/mol. The Hall–Kier alpha value is -8.20.